The molecule has 1 unspecified atom stereocenters. The maximum absolute atomic E-state index is 5.52. The summed E-state index contributed by atoms with van der Waals surface area (Å²) in [5.41, 5.74) is 0.435. The molecule has 0 aliphatic heterocycles. The molecule has 10 heavy (non-hydrogen) atoms. The van der Waals surface area contributed by atoms with Gasteiger partial charge in [0.1, 0.15) is 0 Å². The Hall–Kier alpha value is 0.137. The summed E-state index contributed by atoms with van der Waals surface area (Å²) < 4.78 is 10.6. The first-order chi connectivity index (χ1) is 4.85. The summed E-state index contributed by atoms with van der Waals surface area (Å²) in [5, 5.41) is 0. The van der Waals surface area contributed by atoms with Gasteiger partial charge in [-0.15, -0.1) is 0 Å². The Bertz CT molecular complexity index is 68.6. The molecule has 2 nitrogen and oxygen atoms in total. The second kappa shape index (κ2) is 7.25. The molecule has 0 aliphatic carbocycles. The molecule has 0 saturated heterocycles. The fourth-order valence-corrected chi connectivity index (χ4v) is 1.62. The first-order valence-electron chi connectivity index (χ1n) is 3.95. The van der Waals surface area contributed by atoms with E-state index < -0.39 is 9.76 Å². The second-order valence-corrected chi connectivity index (χ2v) is 4.18. The van der Waals surface area contributed by atoms with Crippen LogP contribution in [0.25, 0.3) is 0 Å². The summed E-state index contributed by atoms with van der Waals surface area (Å²) in [6.07, 6.45) is 2.20. The van der Waals surface area contributed by atoms with Crippen LogP contribution in [0.2, 0.25) is 0 Å². The summed E-state index contributed by atoms with van der Waals surface area (Å²) in [6, 6.07) is 0. The zero-order valence-corrected chi connectivity index (χ0v) is 8.64. The van der Waals surface area contributed by atoms with Gasteiger partial charge in [-0.2, -0.15) is 0 Å². The molecule has 3 heteroatoms. The van der Waals surface area contributed by atoms with Crippen LogP contribution in [0.3, 0.4) is 0 Å². The van der Waals surface area contributed by atoms with E-state index in [-0.39, 0.29) is 0 Å². The van der Waals surface area contributed by atoms with Crippen LogP contribution in [0.5, 0.6) is 0 Å². The van der Waals surface area contributed by atoms with Crippen molar-refractivity contribution in [2.75, 3.05) is 13.7 Å². The standard InChI is InChI=1S/C7H18O2Si/c1-4-6-9-7(5-2)10-8-3/h7H,4-6,10H2,1-3H3. The van der Waals surface area contributed by atoms with E-state index in [2.05, 4.69) is 13.8 Å². The Labute approximate surface area is 65.9 Å². The molecule has 0 aromatic heterocycles. The van der Waals surface area contributed by atoms with Crippen LogP contribution in [0, 0.1) is 0 Å². The molecular formula is C7H18O2Si. The van der Waals surface area contributed by atoms with E-state index in [1.165, 1.54) is 0 Å². The van der Waals surface area contributed by atoms with Gasteiger partial charge in [0.05, 0.1) is 5.73 Å². The highest BCUT2D eigenvalue weighted by atomic mass is 28.2. The van der Waals surface area contributed by atoms with Crippen molar-refractivity contribution in [3.05, 3.63) is 0 Å². The largest absolute Gasteiger partial charge is 0.424 e. The lowest BCUT2D eigenvalue weighted by Crippen LogP contribution is -2.21. The van der Waals surface area contributed by atoms with Crippen LogP contribution in [0.15, 0.2) is 0 Å². The summed E-state index contributed by atoms with van der Waals surface area (Å²) in [5.74, 6) is 0. The van der Waals surface area contributed by atoms with Crippen LogP contribution in [-0.4, -0.2) is 29.2 Å². The lowest BCUT2D eigenvalue weighted by molar-refractivity contribution is 0.0934. The van der Waals surface area contributed by atoms with Crippen molar-refractivity contribution in [2.24, 2.45) is 0 Å². The Morgan fingerprint density at radius 3 is 2.50 bits per heavy atom. The van der Waals surface area contributed by atoms with Crippen molar-refractivity contribution in [3.63, 3.8) is 0 Å². The molecule has 0 saturated carbocycles. The third-order valence-corrected chi connectivity index (χ3v) is 2.88. The third-order valence-electron chi connectivity index (χ3n) is 1.37. The summed E-state index contributed by atoms with van der Waals surface area (Å²) in [6.45, 7) is 5.16. The number of rotatable bonds is 6. The van der Waals surface area contributed by atoms with Crippen molar-refractivity contribution in [1.29, 1.82) is 0 Å². The molecule has 0 spiro atoms. The molecule has 0 radical (unpaired) electrons. The molecule has 0 aliphatic rings. The van der Waals surface area contributed by atoms with Crippen molar-refractivity contribution < 1.29 is 9.16 Å². The van der Waals surface area contributed by atoms with Gasteiger partial charge in [-0.05, 0) is 12.8 Å². The van der Waals surface area contributed by atoms with Gasteiger partial charge in [0.25, 0.3) is 0 Å². The van der Waals surface area contributed by atoms with Gasteiger partial charge in [0.15, 0.2) is 9.76 Å². The van der Waals surface area contributed by atoms with Crippen LogP contribution in [-0.2, 0) is 9.16 Å². The van der Waals surface area contributed by atoms with Crippen LogP contribution in [0.4, 0.5) is 0 Å². The first-order valence-corrected chi connectivity index (χ1v) is 5.35. The van der Waals surface area contributed by atoms with E-state index in [1.807, 2.05) is 0 Å². The monoisotopic (exact) mass is 162 g/mol. The highest BCUT2D eigenvalue weighted by molar-refractivity contribution is 6.28. The molecule has 0 amide bonds. The Balaban J connectivity index is 3.21. The SMILES string of the molecule is CCCOC(CC)[SiH2]OC. The van der Waals surface area contributed by atoms with Crippen molar-refractivity contribution >= 4 is 9.76 Å². The lowest BCUT2D eigenvalue weighted by atomic mass is 10.5. The number of hydrogen-bond acceptors (Lipinski definition) is 2. The molecule has 0 aromatic rings. The van der Waals surface area contributed by atoms with Crippen LogP contribution in [0.1, 0.15) is 26.7 Å². The zero-order chi connectivity index (χ0) is 7.82. The smallest absolute Gasteiger partial charge is 0.189 e. The molecule has 0 heterocycles. The van der Waals surface area contributed by atoms with Crippen LogP contribution < -0.4 is 0 Å². The van der Waals surface area contributed by atoms with Gasteiger partial charge >= 0.3 is 0 Å². The topological polar surface area (TPSA) is 18.5 Å². The van der Waals surface area contributed by atoms with Gasteiger partial charge in [0.2, 0.25) is 0 Å². The number of hydrogen-bond donors (Lipinski definition) is 0. The zero-order valence-electron chi connectivity index (χ0n) is 7.22. The quantitative estimate of drug-likeness (QED) is 0.540. The molecule has 62 valence electrons. The average Bonchev–Trinajstić information content (AvgIpc) is 1.98. The normalized spacial score (nSPS) is 14.7. The van der Waals surface area contributed by atoms with Gasteiger partial charge < -0.3 is 9.16 Å². The van der Waals surface area contributed by atoms with Gasteiger partial charge in [0, 0.05) is 13.7 Å². The molecule has 1 atom stereocenters. The van der Waals surface area contributed by atoms with E-state index >= 15 is 0 Å². The molecular weight excluding hydrogens is 144 g/mol. The second-order valence-electron chi connectivity index (χ2n) is 2.36. The van der Waals surface area contributed by atoms with E-state index in [9.17, 15) is 0 Å². The maximum atomic E-state index is 5.52. The van der Waals surface area contributed by atoms with Crippen LogP contribution >= 0.6 is 0 Å². The average molecular weight is 162 g/mol. The molecule has 0 fully saturated rings. The molecule has 0 aromatic carbocycles. The molecule has 0 N–H and O–H groups in total. The predicted molar refractivity (Wildman–Crippen MR) is 45.9 cm³/mol. The minimum Gasteiger partial charge on any atom is -0.424 e. The Morgan fingerprint density at radius 1 is 1.40 bits per heavy atom. The fourth-order valence-electron chi connectivity index (χ4n) is 0.754. The number of ether oxygens (including phenoxy) is 1. The van der Waals surface area contributed by atoms with Crippen molar-refractivity contribution in [1.82, 2.24) is 0 Å². The summed E-state index contributed by atoms with van der Waals surface area (Å²) in [4.78, 5) is 0. The summed E-state index contributed by atoms with van der Waals surface area (Å²) >= 11 is 0. The first kappa shape index (κ1) is 10.1. The fraction of sp³-hybridized carbons (Fsp3) is 1.00. The highest BCUT2D eigenvalue weighted by Gasteiger charge is 2.04. The van der Waals surface area contributed by atoms with Gasteiger partial charge in [-0.1, -0.05) is 13.8 Å². The Kier molecular flexibility index (Phi) is 7.35. The highest BCUT2D eigenvalue weighted by Crippen LogP contribution is 1.96. The predicted octanol–water partition coefficient (Wildman–Crippen LogP) is 0.879. The van der Waals surface area contributed by atoms with E-state index in [4.69, 9.17) is 9.16 Å². The molecule has 0 bridgehead atoms. The minimum absolute atomic E-state index is 0.407. The van der Waals surface area contributed by atoms with E-state index in [0.29, 0.717) is 5.73 Å². The van der Waals surface area contributed by atoms with Gasteiger partial charge in [-0.3, -0.25) is 0 Å². The Morgan fingerprint density at radius 2 is 2.10 bits per heavy atom. The van der Waals surface area contributed by atoms with Gasteiger partial charge in [-0.25, -0.2) is 0 Å². The van der Waals surface area contributed by atoms with Crippen molar-refractivity contribution in [3.8, 4) is 0 Å². The van der Waals surface area contributed by atoms with Crippen molar-refractivity contribution in [2.45, 2.75) is 32.4 Å². The molecule has 0 rings (SSSR count). The maximum Gasteiger partial charge on any atom is 0.189 e. The lowest BCUT2D eigenvalue weighted by Gasteiger charge is -2.12. The third kappa shape index (κ3) is 4.96. The van der Waals surface area contributed by atoms with E-state index in [0.717, 1.165) is 19.4 Å². The minimum atomic E-state index is -0.407. The van der Waals surface area contributed by atoms with E-state index in [1.54, 1.807) is 7.11 Å². The summed E-state index contributed by atoms with van der Waals surface area (Å²) in [7, 11) is 1.36.